The number of carbonyl (C=O) groups is 2. The van der Waals surface area contributed by atoms with Gasteiger partial charge in [0.05, 0.1) is 6.42 Å². The first-order valence-electron chi connectivity index (χ1n) is 6.09. The van der Waals surface area contributed by atoms with Gasteiger partial charge in [-0.2, -0.15) is 0 Å². The molecule has 1 aromatic rings. The van der Waals surface area contributed by atoms with E-state index < -0.39 is 0 Å². The molecule has 2 aliphatic heterocycles. The molecule has 0 radical (unpaired) electrons. The fraction of sp³-hybridized carbons (Fsp3) is 0.385. The molecule has 18 heavy (non-hydrogen) atoms. The van der Waals surface area contributed by atoms with Crippen molar-refractivity contribution in [1.29, 1.82) is 0 Å². The Balaban J connectivity index is 1.81. The van der Waals surface area contributed by atoms with Crippen LogP contribution in [0.25, 0.3) is 0 Å². The Bertz CT molecular complexity index is 527. The summed E-state index contributed by atoms with van der Waals surface area (Å²) in [6.07, 6.45) is 1.24. The normalized spacial score (nSPS) is 22.1. The SMILES string of the molecule is CN1C(=O)Cc2cc(NC3CCNC3=O)ccc21. The van der Waals surface area contributed by atoms with Crippen LogP contribution in [0.2, 0.25) is 0 Å². The minimum absolute atomic E-state index is 0.0451. The van der Waals surface area contributed by atoms with Gasteiger partial charge in [0.1, 0.15) is 6.04 Å². The van der Waals surface area contributed by atoms with Gasteiger partial charge >= 0.3 is 0 Å². The van der Waals surface area contributed by atoms with E-state index >= 15 is 0 Å². The quantitative estimate of drug-likeness (QED) is 0.798. The molecule has 0 spiro atoms. The lowest BCUT2D eigenvalue weighted by molar-refractivity contribution is -0.120. The van der Waals surface area contributed by atoms with Crippen LogP contribution in [0.3, 0.4) is 0 Å². The lowest BCUT2D eigenvalue weighted by Gasteiger charge is -2.14. The van der Waals surface area contributed by atoms with Crippen molar-refractivity contribution in [3.8, 4) is 0 Å². The van der Waals surface area contributed by atoms with Gasteiger partial charge in [-0.25, -0.2) is 0 Å². The molecule has 2 N–H and O–H groups in total. The highest BCUT2D eigenvalue weighted by Gasteiger charge is 2.26. The number of amides is 2. The number of nitrogens with one attached hydrogen (secondary N) is 2. The largest absolute Gasteiger partial charge is 0.374 e. The highest BCUT2D eigenvalue weighted by molar-refractivity contribution is 6.01. The van der Waals surface area contributed by atoms with E-state index in [1.807, 2.05) is 18.2 Å². The number of anilines is 2. The molecule has 1 unspecified atom stereocenters. The molecule has 0 saturated carbocycles. The summed E-state index contributed by atoms with van der Waals surface area (Å²) in [6, 6.07) is 5.65. The molecule has 5 nitrogen and oxygen atoms in total. The summed E-state index contributed by atoms with van der Waals surface area (Å²) >= 11 is 0. The van der Waals surface area contributed by atoms with Crippen molar-refractivity contribution in [3.63, 3.8) is 0 Å². The Labute approximate surface area is 105 Å². The Morgan fingerprint density at radius 1 is 1.39 bits per heavy atom. The zero-order valence-electron chi connectivity index (χ0n) is 10.2. The van der Waals surface area contributed by atoms with Crippen LogP contribution in [0, 0.1) is 0 Å². The van der Waals surface area contributed by atoms with Gasteiger partial charge in [-0.05, 0) is 30.2 Å². The molecule has 1 saturated heterocycles. The van der Waals surface area contributed by atoms with E-state index in [2.05, 4.69) is 10.6 Å². The van der Waals surface area contributed by atoms with Gasteiger partial charge in [0.25, 0.3) is 0 Å². The fourth-order valence-electron chi connectivity index (χ4n) is 2.49. The van der Waals surface area contributed by atoms with Gasteiger partial charge in [-0.3, -0.25) is 9.59 Å². The lowest BCUT2D eigenvalue weighted by Crippen LogP contribution is -2.29. The summed E-state index contributed by atoms with van der Waals surface area (Å²) < 4.78 is 0. The second-order valence-electron chi connectivity index (χ2n) is 4.75. The molecular formula is C13H15N3O2. The van der Waals surface area contributed by atoms with Gasteiger partial charge in [-0.1, -0.05) is 0 Å². The van der Waals surface area contributed by atoms with E-state index in [9.17, 15) is 9.59 Å². The molecule has 0 bridgehead atoms. The zero-order chi connectivity index (χ0) is 12.7. The molecule has 1 atom stereocenters. The number of rotatable bonds is 2. The van der Waals surface area contributed by atoms with Crippen LogP contribution in [0.4, 0.5) is 11.4 Å². The van der Waals surface area contributed by atoms with Crippen LogP contribution < -0.4 is 15.5 Å². The Morgan fingerprint density at radius 2 is 2.22 bits per heavy atom. The van der Waals surface area contributed by atoms with Crippen molar-refractivity contribution in [1.82, 2.24) is 5.32 Å². The molecule has 0 aromatic heterocycles. The minimum atomic E-state index is -0.155. The van der Waals surface area contributed by atoms with E-state index in [1.54, 1.807) is 11.9 Å². The smallest absolute Gasteiger partial charge is 0.242 e. The van der Waals surface area contributed by atoms with Gasteiger partial charge in [0.2, 0.25) is 11.8 Å². The first-order chi connectivity index (χ1) is 8.65. The van der Waals surface area contributed by atoms with Gasteiger partial charge in [0.15, 0.2) is 0 Å². The van der Waals surface area contributed by atoms with Crippen molar-refractivity contribution in [2.45, 2.75) is 18.9 Å². The van der Waals surface area contributed by atoms with Crippen LogP contribution in [0.5, 0.6) is 0 Å². The molecule has 0 aliphatic carbocycles. The van der Waals surface area contributed by atoms with Gasteiger partial charge in [0, 0.05) is 25.0 Å². The third kappa shape index (κ3) is 1.72. The summed E-state index contributed by atoms with van der Waals surface area (Å²) in [7, 11) is 1.78. The average molecular weight is 245 g/mol. The molecule has 3 rings (SSSR count). The highest BCUT2D eigenvalue weighted by Crippen LogP contribution is 2.30. The van der Waals surface area contributed by atoms with Crippen LogP contribution in [0.1, 0.15) is 12.0 Å². The molecule has 1 aromatic carbocycles. The molecule has 1 fully saturated rings. The molecule has 94 valence electrons. The van der Waals surface area contributed by atoms with E-state index in [4.69, 9.17) is 0 Å². The average Bonchev–Trinajstić information content (AvgIpc) is 2.86. The number of hydrogen-bond donors (Lipinski definition) is 2. The monoisotopic (exact) mass is 245 g/mol. The minimum Gasteiger partial charge on any atom is -0.374 e. The maximum absolute atomic E-state index is 11.6. The molecule has 2 heterocycles. The number of benzene rings is 1. The van der Waals surface area contributed by atoms with Crippen molar-refractivity contribution in [2.75, 3.05) is 23.8 Å². The second kappa shape index (κ2) is 4.01. The lowest BCUT2D eigenvalue weighted by atomic mass is 10.1. The van der Waals surface area contributed by atoms with Gasteiger partial charge in [-0.15, -0.1) is 0 Å². The maximum Gasteiger partial charge on any atom is 0.242 e. The van der Waals surface area contributed by atoms with E-state index in [1.165, 1.54) is 0 Å². The first kappa shape index (κ1) is 11.1. The topological polar surface area (TPSA) is 61.4 Å². The fourth-order valence-corrected chi connectivity index (χ4v) is 2.49. The van der Waals surface area contributed by atoms with E-state index in [0.717, 1.165) is 29.9 Å². The van der Waals surface area contributed by atoms with Crippen LogP contribution >= 0.6 is 0 Å². The number of carbonyl (C=O) groups excluding carboxylic acids is 2. The Kier molecular flexibility index (Phi) is 2.47. The van der Waals surface area contributed by atoms with Crippen LogP contribution in [-0.4, -0.2) is 31.4 Å². The second-order valence-corrected chi connectivity index (χ2v) is 4.75. The van der Waals surface area contributed by atoms with Crippen molar-refractivity contribution in [3.05, 3.63) is 23.8 Å². The highest BCUT2D eigenvalue weighted by atomic mass is 16.2. The van der Waals surface area contributed by atoms with Crippen molar-refractivity contribution >= 4 is 23.2 Å². The van der Waals surface area contributed by atoms with E-state index in [-0.39, 0.29) is 17.9 Å². The summed E-state index contributed by atoms with van der Waals surface area (Å²) in [5, 5.41) is 6.00. The first-order valence-corrected chi connectivity index (χ1v) is 6.09. The Hall–Kier alpha value is -2.04. The summed E-state index contributed by atoms with van der Waals surface area (Å²) in [5.74, 6) is 0.157. The standard InChI is InChI=1S/C13H15N3O2/c1-16-11-3-2-9(6-8(11)7-12(16)17)15-10-4-5-14-13(10)18/h2-3,6,10,15H,4-5,7H2,1H3,(H,14,18). The predicted octanol–water partition coefficient (Wildman–Crippen LogP) is 0.506. The van der Waals surface area contributed by atoms with Gasteiger partial charge < -0.3 is 15.5 Å². The third-order valence-electron chi connectivity index (χ3n) is 3.55. The molecule has 2 aliphatic rings. The molecule has 2 amide bonds. The van der Waals surface area contributed by atoms with Crippen molar-refractivity contribution in [2.24, 2.45) is 0 Å². The summed E-state index contributed by atoms with van der Waals surface area (Å²) in [6.45, 7) is 0.725. The summed E-state index contributed by atoms with van der Waals surface area (Å²) in [4.78, 5) is 24.7. The number of hydrogen-bond acceptors (Lipinski definition) is 3. The predicted molar refractivity (Wildman–Crippen MR) is 68.6 cm³/mol. The van der Waals surface area contributed by atoms with Crippen LogP contribution in [-0.2, 0) is 16.0 Å². The Morgan fingerprint density at radius 3 is 2.94 bits per heavy atom. The number of nitrogens with zero attached hydrogens (tertiary/aromatic N) is 1. The summed E-state index contributed by atoms with van der Waals surface area (Å²) in [5.41, 5.74) is 2.88. The molecule has 5 heteroatoms. The van der Waals surface area contributed by atoms with Crippen molar-refractivity contribution < 1.29 is 9.59 Å². The van der Waals surface area contributed by atoms with E-state index in [0.29, 0.717) is 6.42 Å². The molecular weight excluding hydrogens is 230 g/mol. The number of likely N-dealkylation sites (N-methyl/N-ethyl adjacent to an activating group) is 1. The third-order valence-corrected chi connectivity index (χ3v) is 3.55. The number of fused-ring (bicyclic) bond motifs is 1. The maximum atomic E-state index is 11.6. The zero-order valence-corrected chi connectivity index (χ0v) is 10.2. The van der Waals surface area contributed by atoms with Crippen LogP contribution in [0.15, 0.2) is 18.2 Å².